The van der Waals surface area contributed by atoms with Crippen molar-refractivity contribution in [1.29, 1.82) is 0 Å². The van der Waals surface area contributed by atoms with Crippen molar-refractivity contribution in [2.45, 2.75) is 82.7 Å². The Hall–Kier alpha value is -0.370. The molecule has 98 valence electrons. The van der Waals surface area contributed by atoms with Crippen molar-refractivity contribution < 1.29 is 9.90 Å². The van der Waals surface area contributed by atoms with Crippen LogP contribution in [0.2, 0.25) is 0 Å². The van der Waals surface area contributed by atoms with E-state index in [1.54, 1.807) is 0 Å². The molecule has 1 N–H and O–H groups in total. The zero-order valence-electron chi connectivity index (χ0n) is 10.9. The molecule has 0 aromatic carbocycles. The molecule has 2 fully saturated rings. The number of hydrogen-bond acceptors (Lipinski definition) is 2. The van der Waals surface area contributed by atoms with E-state index in [1.165, 1.54) is 51.4 Å². The van der Waals surface area contributed by atoms with Crippen LogP contribution in [-0.4, -0.2) is 16.5 Å². The summed E-state index contributed by atoms with van der Waals surface area (Å²) in [5.74, 6) is 0.798. The smallest absolute Gasteiger partial charge is 0.133 e. The van der Waals surface area contributed by atoms with Crippen molar-refractivity contribution in [3.8, 4) is 0 Å². The highest BCUT2D eigenvalue weighted by Gasteiger charge is 2.38. The molecule has 0 amide bonds. The Morgan fingerprint density at radius 2 is 1.35 bits per heavy atom. The molecule has 17 heavy (non-hydrogen) atoms. The van der Waals surface area contributed by atoms with Crippen LogP contribution < -0.4 is 0 Å². The predicted molar refractivity (Wildman–Crippen MR) is 68.9 cm³/mol. The molecule has 2 rings (SSSR count). The van der Waals surface area contributed by atoms with Gasteiger partial charge in [0.1, 0.15) is 5.78 Å². The zero-order chi connectivity index (χ0) is 12.1. The van der Waals surface area contributed by atoms with E-state index in [2.05, 4.69) is 0 Å². The molecule has 0 radical (unpaired) electrons. The summed E-state index contributed by atoms with van der Waals surface area (Å²) in [7, 11) is 0. The van der Waals surface area contributed by atoms with E-state index in [9.17, 15) is 9.90 Å². The van der Waals surface area contributed by atoms with E-state index in [0.29, 0.717) is 24.5 Å². The minimum absolute atomic E-state index is 0.345. The van der Waals surface area contributed by atoms with E-state index < -0.39 is 5.60 Å². The lowest BCUT2D eigenvalue weighted by molar-refractivity contribution is -0.129. The molecule has 0 aromatic rings. The molecule has 2 nitrogen and oxygen atoms in total. The third kappa shape index (κ3) is 3.54. The lowest BCUT2D eigenvalue weighted by atomic mass is 9.72. The average Bonchev–Trinajstić information content (AvgIpc) is 2.47. The van der Waals surface area contributed by atoms with Gasteiger partial charge in [0.2, 0.25) is 0 Å². The standard InChI is InChI=1S/C15H26O2/c16-14-9-11-15(17,12-10-14)13-7-5-3-1-2-4-6-8-13/h13,17H,1-12H2. The first kappa shape index (κ1) is 13.1. The van der Waals surface area contributed by atoms with Crippen molar-refractivity contribution in [1.82, 2.24) is 0 Å². The van der Waals surface area contributed by atoms with Crippen LogP contribution in [-0.2, 0) is 4.79 Å². The van der Waals surface area contributed by atoms with Crippen LogP contribution in [0.1, 0.15) is 77.0 Å². The third-order valence-corrected chi connectivity index (χ3v) is 4.79. The first-order valence-electron chi connectivity index (χ1n) is 7.45. The Labute approximate surface area is 105 Å². The predicted octanol–water partition coefficient (Wildman–Crippen LogP) is 3.61. The fourth-order valence-electron chi connectivity index (χ4n) is 3.54. The van der Waals surface area contributed by atoms with Crippen molar-refractivity contribution in [2.24, 2.45) is 5.92 Å². The van der Waals surface area contributed by atoms with Crippen molar-refractivity contribution in [3.05, 3.63) is 0 Å². The number of carbonyl (C=O) groups excluding carboxylic acids is 1. The summed E-state index contributed by atoms with van der Waals surface area (Å²) < 4.78 is 0. The number of Topliss-reactive ketones (excluding diaryl/α,β-unsaturated/α-hetero) is 1. The summed E-state index contributed by atoms with van der Waals surface area (Å²) >= 11 is 0. The van der Waals surface area contributed by atoms with Gasteiger partial charge < -0.3 is 5.11 Å². The molecule has 2 saturated carbocycles. The van der Waals surface area contributed by atoms with Gasteiger partial charge in [0.05, 0.1) is 5.60 Å². The van der Waals surface area contributed by atoms with Crippen molar-refractivity contribution >= 4 is 5.78 Å². The summed E-state index contributed by atoms with van der Waals surface area (Å²) in [6.45, 7) is 0. The minimum atomic E-state index is -0.516. The Bertz CT molecular complexity index is 240. The molecule has 0 saturated heterocycles. The number of aliphatic hydroxyl groups is 1. The summed E-state index contributed by atoms with van der Waals surface area (Å²) in [6.07, 6.45) is 12.9. The molecule has 0 bridgehead atoms. The molecule has 0 atom stereocenters. The number of rotatable bonds is 1. The highest BCUT2D eigenvalue weighted by Crippen LogP contribution is 2.39. The summed E-state index contributed by atoms with van der Waals surface area (Å²) in [5, 5.41) is 10.8. The lowest BCUT2D eigenvalue weighted by Gasteiger charge is -2.39. The number of ketones is 1. The van der Waals surface area contributed by atoms with Gasteiger partial charge in [-0.2, -0.15) is 0 Å². The topological polar surface area (TPSA) is 37.3 Å². The van der Waals surface area contributed by atoms with Crippen LogP contribution in [0.25, 0.3) is 0 Å². The molecule has 2 aliphatic carbocycles. The second-order valence-corrected chi connectivity index (χ2v) is 6.04. The van der Waals surface area contributed by atoms with Crippen LogP contribution in [0, 0.1) is 5.92 Å². The van der Waals surface area contributed by atoms with Gasteiger partial charge in [-0.05, 0) is 31.6 Å². The molecule has 0 heterocycles. The maximum Gasteiger partial charge on any atom is 0.133 e. The Morgan fingerprint density at radius 1 is 0.882 bits per heavy atom. The summed E-state index contributed by atoms with van der Waals surface area (Å²) in [6, 6.07) is 0. The molecule has 2 heteroatoms. The maximum atomic E-state index is 11.3. The first-order valence-corrected chi connectivity index (χ1v) is 7.45. The SMILES string of the molecule is O=C1CCC(O)(C2CCCCCCCC2)CC1. The Kier molecular flexibility index (Phi) is 4.61. The minimum Gasteiger partial charge on any atom is -0.390 e. The van der Waals surface area contributed by atoms with Gasteiger partial charge in [-0.3, -0.25) is 4.79 Å². The fourth-order valence-corrected chi connectivity index (χ4v) is 3.54. The Balaban J connectivity index is 1.94. The van der Waals surface area contributed by atoms with Gasteiger partial charge in [-0.15, -0.1) is 0 Å². The van der Waals surface area contributed by atoms with Crippen LogP contribution in [0.4, 0.5) is 0 Å². The Morgan fingerprint density at radius 3 is 1.88 bits per heavy atom. The number of hydrogen-bond donors (Lipinski definition) is 1. The third-order valence-electron chi connectivity index (χ3n) is 4.79. The van der Waals surface area contributed by atoms with Crippen LogP contribution in [0.5, 0.6) is 0 Å². The largest absolute Gasteiger partial charge is 0.390 e. The second kappa shape index (κ2) is 5.99. The van der Waals surface area contributed by atoms with Crippen LogP contribution >= 0.6 is 0 Å². The van der Waals surface area contributed by atoms with Gasteiger partial charge in [0, 0.05) is 12.8 Å². The monoisotopic (exact) mass is 238 g/mol. The van der Waals surface area contributed by atoms with Crippen molar-refractivity contribution in [2.75, 3.05) is 0 Å². The molecule has 0 aliphatic heterocycles. The molecule has 0 aromatic heterocycles. The summed E-state index contributed by atoms with van der Waals surface area (Å²) in [5.41, 5.74) is -0.516. The molecular formula is C15H26O2. The quantitative estimate of drug-likeness (QED) is 0.757. The van der Waals surface area contributed by atoms with Crippen LogP contribution in [0.3, 0.4) is 0 Å². The highest BCUT2D eigenvalue weighted by molar-refractivity contribution is 5.79. The van der Waals surface area contributed by atoms with Gasteiger partial charge in [-0.25, -0.2) is 0 Å². The average molecular weight is 238 g/mol. The van der Waals surface area contributed by atoms with E-state index in [0.717, 1.165) is 12.8 Å². The molecule has 2 aliphatic rings. The van der Waals surface area contributed by atoms with Gasteiger partial charge in [-0.1, -0.05) is 38.5 Å². The zero-order valence-corrected chi connectivity index (χ0v) is 10.9. The first-order chi connectivity index (χ1) is 8.21. The van der Waals surface area contributed by atoms with E-state index >= 15 is 0 Å². The van der Waals surface area contributed by atoms with E-state index in [4.69, 9.17) is 0 Å². The van der Waals surface area contributed by atoms with Gasteiger partial charge in [0.15, 0.2) is 0 Å². The molecule has 0 spiro atoms. The lowest BCUT2D eigenvalue weighted by Crippen LogP contribution is -2.41. The second-order valence-electron chi connectivity index (χ2n) is 6.04. The van der Waals surface area contributed by atoms with Gasteiger partial charge in [0.25, 0.3) is 0 Å². The van der Waals surface area contributed by atoms with E-state index in [1.807, 2.05) is 0 Å². The highest BCUT2D eigenvalue weighted by atomic mass is 16.3. The van der Waals surface area contributed by atoms with Crippen LogP contribution in [0.15, 0.2) is 0 Å². The van der Waals surface area contributed by atoms with E-state index in [-0.39, 0.29) is 0 Å². The maximum absolute atomic E-state index is 11.3. The van der Waals surface area contributed by atoms with Gasteiger partial charge >= 0.3 is 0 Å². The molecular weight excluding hydrogens is 212 g/mol. The molecule has 0 unspecified atom stereocenters. The summed E-state index contributed by atoms with van der Waals surface area (Å²) in [4.78, 5) is 11.3. The van der Waals surface area contributed by atoms with Crippen molar-refractivity contribution in [3.63, 3.8) is 0 Å². The number of carbonyl (C=O) groups is 1. The normalized spacial score (nSPS) is 28.2. The fraction of sp³-hybridized carbons (Fsp3) is 0.933.